The third-order valence-electron chi connectivity index (χ3n) is 4.38. The van der Waals surface area contributed by atoms with Gasteiger partial charge in [-0.2, -0.15) is 13.2 Å². The number of esters is 1. The van der Waals surface area contributed by atoms with Crippen LogP contribution < -0.4 is 10.6 Å². The number of anilines is 3. The molecule has 0 unspecified atom stereocenters. The van der Waals surface area contributed by atoms with Crippen LogP contribution in [0.2, 0.25) is 5.02 Å². The molecule has 8 nitrogen and oxygen atoms in total. The van der Waals surface area contributed by atoms with E-state index < -0.39 is 40.8 Å². The van der Waals surface area contributed by atoms with E-state index in [1.807, 2.05) is 0 Å². The van der Waals surface area contributed by atoms with E-state index >= 15 is 0 Å². The monoisotopic (exact) mass is 493 g/mol. The van der Waals surface area contributed by atoms with Gasteiger partial charge in [-0.1, -0.05) is 29.8 Å². The zero-order valence-corrected chi connectivity index (χ0v) is 17.8. The molecule has 3 aromatic rings. The fourth-order valence-electron chi connectivity index (χ4n) is 2.86. The summed E-state index contributed by atoms with van der Waals surface area (Å²) in [6, 6.07) is 13.9. The van der Waals surface area contributed by atoms with Crippen molar-refractivity contribution >= 4 is 46.2 Å². The highest BCUT2D eigenvalue weighted by Gasteiger charge is 2.30. The van der Waals surface area contributed by atoms with Crippen molar-refractivity contribution < 1.29 is 32.4 Å². The van der Waals surface area contributed by atoms with Gasteiger partial charge >= 0.3 is 12.1 Å². The van der Waals surface area contributed by atoms with Crippen LogP contribution in [0.25, 0.3) is 0 Å². The number of amides is 1. The van der Waals surface area contributed by atoms with E-state index in [2.05, 4.69) is 10.6 Å². The largest absolute Gasteiger partial charge is 0.452 e. The molecule has 12 heteroatoms. The second kappa shape index (κ2) is 10.2. The molecule has 0 bridgehead atoms. The maximum atomic E-state index is 13.0. The molecule has 3 rings (SSSR count). The van der Waals surface area contributed by atoms with Crippen molar-refractivity contribution in [3.63, 3.8) is 0 Å². The summed E-state index contributed by atoms with van der Waals surface area (Å²) < 4.78 is 43.8. The maximum Gasteiger partial charge on any atom is 0.416 e. The zero-order chi connectivity index (χ0) is 24.9. The first-order valence-corrected chi connectivity index (χ1v) is 9.86. The summed E-state index contributed by atoms with van der Waals surface area (Å²) >= 11 is 5.72. The number of nitrogens with one attached hydrogen (secondary N) is 2. The predicted octanol–water partition coefficient (Wildman–Crippen LogP) is 5.81. The van der Waals surface area contributed by atoms with E-state index in [0.29, 0.717) is 0 Å². The first kappa shape index (κ1) is 24.5. The molecule has 3 aromatic carbocycles. The quantitative estimate of drug-likeness (QED) is 0.244. The normalized spacial score (nSPS) is 10.9. The minimum Gasteiger partial charge on any atom is -0.452 e. The van der Waals surface area contributed by atoms with Gasteiger partial charge in [-0.05, 0) is 42.5 Å². The second-order valence-corrected chi connectivity index (χ2v) is 7.23. The van der Waals surface area contributed by atoms with Crippen molar-refractivity contribution in [1.29, 1.82) is 0 Å². The van der Waals surface area contributed by atoms with Gasteiger partial charge < -0.3 is 15.4 Å². The van der Waals surface area contributed by atoms with Gasteiger partial charge in [-0.15, -0.1) is 0 Å². The Morgan fingerprint density at radius 2 is 1.74 bits per heavy atom. The Bertz CT molecular complexity index is 1250. The number of nitrogens with zero attached hydrogens (tertiary/aromatic N) is 1. The first-order valence-electron chi connectivity index (χ1n) is 9.49. The Morgan fingerprint density at radius 3 is 2.44 bits per heavy atom. The third-order valence-corrected chi connectivity index (χ3v) is 4.62. The van der Waals surface area contributed by atoms with Crippen molar-refractivity contribution in [3.8, 4) is 0 Å². The van der Waals surface area contributed by atoms with Gasteiger partial charge in [0.25, 0.3) is 11.6 Å². The van der Waals surface area contributed by atoms with E-state index in [9.17, 15) is 32.9 Å². The summed E-state index contributed by atoms with van der Waals surface area (Å²) in [6.45, 7) is -0.767. The molecule has 1 amide bonds. The standard InChI is InChI=1S/C22H15ClF3N3O5/c23-14-8-9-18(19(11-14)29(32)33)28-20(30)12-34-21(31)16-6-1-2-7-17(16)27-15-5-3-4-13(10-15)22(24,25)26/h1-11,27H,12H2,(H,28,30). The van der Waals surface area contributed by atoms with Crippen molar-refractivity contribution in [1.82, 2.24) is 0 Å². The van der Waals surface area contributed by atoms with Crippen molar-refractivity contribution in [2.45, 2.75) is 6.18 Å². The summed E-state index contributed by atoms with van der Waals surface area (Å²) in [7, 11) is 0. The number of ether oxygens (including phenoxy) is 1. The molecule has 0 spiro atoms. The van der Waals surface area contributed by atoms with Gasteiger partial charge in [0.15, 0.2) is 6.61 Å². The Hall–Kier alpha value is -4.12. The minimum atomic E-state index is -4.54. The lowest BCUT2D eigenvalue weighted by molar-refractivity contribution is -0.383. The summed E-state index contributed by atoms with van der Waals surface area (Å²) in [5.74, 6) is -1.78. The van der Waals surface area contributed by atoms with Gasteiger partial charge in [-0.3, -0.25) is 14.9 Å². The third kappa shape index (κ3) is 6.23. The van der Waals surface area contributed by atoms with Crippen LogP contribution in [0.1, 0.15) is 15.9 Å². The number of carbonyl (C=O) groups excluding carboxylic acids is 2. The number of benzene rings is 3. The summed E-state index contributed by atoms with van der Waals surface area (Å²) in [5, 5.41) is 16.2. The average Bonchev–Trinajstić information content (AvgIpc) is 2.78. The zero-order valence-electron chi connectivity index (χ0n) is 17.1. The highest BCUT2D eigenvalue weighted by molar-refractivity contribution is 6.31. The molecule has 0 aliphatic heterocycles. The fraction of sp³-hybridized carbons (Fsp3) is 0.0909. The number of halogens is 4. The number of alkyl halides is 3. The molecule has 0 fully saturated rings. The lowest BCUT2D eigenvalue weighted by Crippen LogP contribution is -2.21. The lowest BCUT2D eigenvalue weighted by Gasteiger charge is -2.13. The second-order valence-electron chi connectivity index (χ2n) is 6.79. The molecule has 2 N–H and O–H groups in total. The molecule has 0 aliphatic rings. The van der Waals surface area contributed by atoms with E-state index in [-0.39, 0.29) is 27.6 Å². The molecule has 0 radical (unpaired) electrons. The SMILES string of the molecule is O=C(COC(=O)c1ccccc1Nc1cccc(C(F)(F)F)c1)Nc1ccc(Cl)cc1[N+](=O)[O-]. The number of para-hydroxylation sites is 1. The molecular weight excluding hydrogens is 479 g/mol. The predicted molar refractivity (Wildman–Crippen MR) is 118 cm³/mol. The van der Waals surface area contributed by atoms with Gasteiger partial charge in [-0.25, -0.2) is 4.79 Å². The molecule has 0 saturated heterocycles. The van der Waals surface area contributed by atoms with E-state index in [4.69, 9.17) is 16.3 Å². The van der Waals surface area contributed by atoms with Crippen molar-refractivity contribution in [3.05, 3.63) is 93.0 Å². The Morgan fingerprint density at radius 1 is 1.00 bits per heavy atom. The smallest absolute Gasteiger partial charge is 0.416 e. The van der Waals surface area contributed by atoms with E-state index in [1.54, 1.807) is 6.07 Å². The summed E-state index contributed by atoms with van der Waals surface area (Å²) in [6.07, 6.45) is -4.54. The highest BCUT2D eigenvalue weighted by Crippen LogP contribution is 2.32. The summed E-state index contributed by atoms with van der Waals surface area (Å²) in [5.41, 5.74) is -1.25. The summed E-state index contributed by atoms with van der Waals surface area (Å²) in [4.78, 5) is 35.0. The average molecular weight is 494 g/mol. The molecule has 0 aromatic heterocycles. The van der Waals surface area contributed by atoms with Crippen LogP contribution in [0.5, 0.6) is 0 Å². The molecular formula is C22H15ClF3N3O5. The maximum absolute atomic E-state index is 13.0. The Balaban J connectivity index is 1.69. The van der Waals surface area contributed by atoms with Crippen molar-refractivity contribution in [2.75, 3.05) is 17.2 Å². The number of nitro benzene ring substituents is 1. The fourth-order valence-corrected chi connectivity index (χ4v) is 3.02. The van der Waals surface area contributed by atoms with Gasteiger partial charge in [0.2, 0.25) is 0 Å². The van der Waals surface area contributed by atoms with Crippen LogP contribution in [0.3, 0.4) is 0 Å². The Labute approximate surface area is 195 Å². The number of carbonyl (C=O) groups is 2. The van der Waals surface area contributed by atoms with Crippen LogP contribution in [-0.4, -0.2) is 23.4 Å². The number of hydrogen-bond acceptors (Lipinski definition) is 6. The minimum absolute atomic E-state index is 0.0369. The van der Waals surface area contributed by atoms with Crippen LogP contribution in [0.4, 0.5) is 35.9 Å². The van der Waals surface area contributed by atoms with Gasteiger partial charge in [0, 0.05) is 16.8 Å². The van der Waals surface area contributed by atoms with Gasteiger partial charge in [0.05, 0.1) is 21.7 Å². The molecule has 0 saturated carbocycles. The molecule has 0 atom stereocenters. The van der Waals surface area contributed by atoms with Crippen molar-refractivity contribution in [2.24, 2.45) is 0 Å². The molecule has 34 heavy (non-hydrogen) atoms. The Kier molecular flexibility index (Phi) is 7.37. The van der Waals surface area contributed by atoms with Crippen LogP contribution >= 0.6 is 11.6 Å². The van der Waals surface area contributed by atoms with Crippen LogP contribution in [0, 0.1) is 10.1 Å². The number of nitro groups is 1. The lowest BCUT2D eigenvalue weighted by atomic mass is 10.1. The highest BCUT2D eigenvalue weighted by atomic mass is 35.5. The molecule has 0 aliphatic carbocycles. The first-order chi connectivity index (χ1) is 16.0. The van der Waals surface area contributed by atoms with E-state index in [1.165, 1.54) is 42.5 Å². The molecule has 0 heterocycles. The molecule has 176 valence electrons. The van der Waals surface area contributed by atoms with E-state index in [0.717, 1.165) is 18.2 Å². The topological polar surface area (TPSA) is 111 Å². The number of hydrogen-bond donors (Lipinski definition) is 2. The van der Waals surface area contributed by atoms with Crippen LogP contribution in [-0.2, 0) is 15.7 Å². The number of rotatable bonds is 7. The van der Waals surface area contributed by atoms with Crippen LogP contribution in [0.15, 0.2) is 66.7 Å². The van der Waals surface area contributed by atoms with Gasteiger partial charge in [0.1, 0.15) is 5.69 Å².